The number of rotatable bonds is 4. The van der Waals surface area contributed by atoms with Gasteiger partial charge in [0.1, 0.15) is 0 Å². The van der Waals surface area contributed by atoms with E-state index in [-0.39, 0.29) is 17.9 Å². The van der Waals surface area contributed by atoms with Gasteiger partial charge in [-0.15, -0.1) is 0 Å². The fourth-order valence-electron chi connectivity index (χ4n) is 3.50. The van der Waals surface area contributed by atoms with Crippen LogP contribution >= 0.6 is 0 Å². The van der Waals surface area contributed by atoms with Gasteiger partial charge in [-0.2, -0.15) is 0 Å². The van der Waals surface area contributed by atoms with Gasteiger partial charge in [-0.25, -0.2) is 0 Å². The van der Waals surface area contributed by atoms with E-state index >= 15 is 0 Å². The monoisotopic (exact) mass is 297 g/mol. The zero-order valence-corrected chi connectivity index (χ0v) is 13.1. The minimum Gasteiger partial charge on any atom is -0.384 e. The summed E-state index contributed by atoms with van der Waals surface area (Å²) in [7, 11) is 1.66. The summed E-state index contributed by atoms with van der Waals surface area (Å²) in [5, 5.41) is 6.24. The topological polar surface area (TPSA) is 70.7 Å². The molecule has 2 amide bonds. The molecule has 21 heavy (non-hydrogen) atoms. The van der Waals surface area contributed by atoms with Gasteiger partial charge in [-0.1, -0.05) is 0 Å². The van der Waals surface area contributed by atoms with Crippen LogP contribution in [0, 0.1) is 5.41 Å². The highest BCUT2D eigenvalue weighted by Gasteiger charge is 2.43. The number of methoxy groups -OCH3 is 1. The Kier molecular flexibility index (Phi) is 5.58. The van der Waals surface area contributed by atoms with Gasteiger partial charge in [0.05, 0.1) is 12.0 Å². The van der Waals surface area contributed by atoms with Crippen molar-refractivity contribution in [3.05, 3.63) is 0 Å². The van der Waals surface area contributed by atoms with Crippen molar-refractivity contribution in [1.29, 1.82) is 0 Å². The average molecular weight is 297 g/mol. The lowest BCUT2D eigenvalue weighted by atomic mass is 9.78. The van der Waals surface area contributed by atoms with Crippen LogP contribution in [0.15, 0.2) is 0 Å². The molecule has 1 atom stereocenters. The normalized spacial score (nSPS) is 25.4. The molecule has 0 aromatic rings. The Morgan fingerprint density at radius 1 is 1.38 bits per heavy atom. The Labute approximate surface area is 126 Å². The largest absolute Gasteiger partial charge is 0.384 e. The number of piperidine rings is 2. The Hall–Kier alpha value is -1.14. The number of amides is 2. The van der Waals surface area contributed by atoms with E-state index in [0.717, 1.165) is 45.3 Å². The van der Waals surface area contributed by atoms with Crippen LogP contribution in [-0.4, -0.2) is 62.7 Å². The zero-order chi connectivity index (χ0) is 15.3. The van der Waals surface area contributed by atoms with E-state index < -0.39 is 5.41 Å². The fraction of sp³-hybridized carbons (Fsp3) is 0.867. The van der Waals surface area contributed by atoms with E-state index in [0.29, 0.717) is 13.2 Å². The third kappa shape index (κ3) is 3.95. The van der Waals surface area contributed by atoms with Crippen molar-refractivity contribution in [2.24, 2.45) is 5.41 Å². The predicted molar refractivity (Wildman–Crippen MR) is 79.8 cm³/mol. The van der Waals surface area contributed by atoms with E-state index in [4.69, 9.17) is 4.74 Å². The zero-order valence-electron chi connectivity index (χ0n) is 13.1. The van der Waals surface area contributed by atoms with Gasteiger partial charge in [0.25, 0.3) is 0 Å². The Balaban J connectivity index is 2.03. The van der Waals surface area contributed by atoms with Crippen LogP contribution in [0.25, 0.3) is 0 Å². The van der Waals surface area contributed by atoms with Crippen LogP contribution < -0.4 is 10.6 Å². The second kappa shape index (κ2) is 7.22. The molecule has 0 radical (unpaired) electrons. The molecule has 0 spiro atoms. The summed E-state index contributed by atoms with van der Waals surface area (Å²) in [5.41, 5.74) is -0.391. The molecule has 0 aromatic carbocycles. The molecule has 0 aromatic heterocycles. The second-order valence-electron chi connectivity index (χ2n) is 6.25. The van der Waals surface area contributed by atoms with Gasteiger partial charge >= 0.3 is 0 Å². The number of likely N-dealkylation sites (tertiary alicyclic amines) is 1. The molecule has 2 N–H and O–H groups in total. The fourth-order valence-corrected chi connectivity index (χ4v) is 3.50. The van der Waals surface area contributed by atoms with Crippen LogP contribution in [0.5, 0.6) is 0 Å². The van der Waals surface area contributed by atoms with Crippen molar-refractivity contribution in [3.63, 3.8) is 0 Å². The number of carbonyl (C=O) groups is 2. The molecule has 120 valence electrons. The molecule has 2 aliphatic heterocycles. The van der Waals surface area contributed by atoms with Crippen molar-refractivity contribution in [1.82, 2.24) is 15.5 Å². The van der Waals surface area contributed by atoms with E-state index in [1.165, 1.54) is 6.92 Å². The molecule has 2 heterocycles. The number of hydrogen-bond acceptors (Lipinski definition) is 4. The van der Waals surface area contributed by atoms with Crippen molar-refractivity contribution < 1.29 is 14.3 Å². The van der Waals surface area contributed by atoms with Crippen molar-refractivity contribution in [3.8, 4) is 0 Å². The van der Waals surface area contributed by atoms with Crippen LogP contribution in [-0.2, 0) is 14.3 Å². The lowest BCUT2D eigenvalue weighted by Gasteiger charge is -2.42. The Morgan fingerprint density at radius 3 is 2.71 bits per heavy atom. The molecule has 6 heteroatoms. The summed E-state index contributed by atoms with van der Waals surface area (Å²) in [6.07, 6.45) is 3.53. The average Bonchev–Trinajstić information content (AvgIpc) is 2.47. The summed E-state index contributed by atoms with van der Waals surface area (Å²) in [6.45, 7) is 5.13. The standard InChI is InChI=1S/C15H27N3O3/c1-12(19)17-13-4-3-9-18(10-13)14(20)15(11-21-2)5-7-16-8-6-15/h13,16H,3-11H2,1-2H3,(H,17,19). The first-order chi connectivity index (χ1) is 10.1. The number of nitrogens with zero attached hydrogens (tertiary/aromatic N) is 1. The first-order valence-corrected chi connectivity index (χ1v) is 7.83. The quantitative estimate of drug-likeness (QED) is 0.774. The molecule has 0 saturated carbocycles. The lowest BCUT2D eigenvalue weighted by molar-refractivity contribution is -0.149. The van der Waals surface area contributed by atoms with E-state index in [1.807, 2.05) is 4.90 Å². The maximum atomic E-state index is 13.0. The van der Waals surface area contributed by atoms with Crippen LogP contribution in [0.1, 0.15) is 32.6 Å². The van der Waals surface area contributed by atoms with Crippen LogP contribution in [0.3, 0.4) is 0 Å². The Bertz CT molecular complexity index is 375. The highest BCUT2D eigenvalue weighted by atomic mass is 16.5. The number of hydrogen-bond donors (Lipinski definition) is 2. The highest BCUT2D eigenvalue weighted by Crippen LogP contribution is 2.32. The minimum absolute atomic E-state index is 0.0252. The van der Waals surface area contributed by atoms with Gasteiger partial charge in [0, 0.05) is 33.2 Å². The van der Waals surface area contributed by atoms with Gasteiger partial charge in [0.15, 0.2) is 0 Å². The van der Waals surface area contributed by atoms with Gasteiger partial charge in [0.2, 0.25) is 11.8 Å². The van der Waals surface area contributed by atoms with Gasteiger partial charge in [-0.05, 0) is 38.8 Å². The van der Waals surface area contributed by atoms with E-state index in [9.17, 15) is 9.59 Å². The second-order valence-corrected chi connectivity index (χ2v) is 6.25. The van der Waals surface area contributed by atoms with Gasteiger partial charge in [-0.3, -0.25) is 9.59 Å². The summed E-state index contributed by atoms with van der Waals surface area (Å²) >= 11 is 0. The molecular formula is C15H27N3O3. The van der Waals surface area contributed by atoms with Crippen molar-refractivity contribution in [2.75, 3.05) is 39.9 Å². The molecule has 6 nitrogen and oxygen atoms in total. The summed E-state index contributed by atoms with van der Waals surface area (Å²) in [6, 6.07) is 0.0847. The molecule has 2 saturated heterocycles. The smallest absolute Gasteiger partial charge is 0.231 e. The minimum atomic E-state index is -0.391. The Morgan fingerprint density at radius 2 is 2.10 bits per heavy atom. The molecule has 2 fully saturated rings. The summed E-state index contributed by atoms with van der Waals surface area (Å²) in [4.78, 5) is 26.1. The van der Waals surface area contributed by atoms with E-state index in [1.54, 1.807) is 7.11 Å². The first kappa shape index (κ1) is 16.2. The summed E-state index contributed by atoms with van der Waals surface area (Å²) in [5.74, 6) is 0.170. The van der Waals surface area contributed by atoms with Gasteiger partial charge < -0.3 is 20.3 Å². The molecular weight excluding hydrogens is 270 g/mol. The number of carbonyl (C=O) groups excluding carboxylic acids is 2. The highest BCUT2D eigenvalue weighted by molar-refractivity contribution is 5.83. The third-order valence-electron chi connectivity index (χ3n) is 4.55. The third-order valence-corrected chi connectivity index (χ3v) is 4.55. The molecule has 2 aliphatic rings. The SMILES string of the molecule is COCC1(C(=O)N2CCCC(NC(C)=O)C2)CCNCC1. The molecule has 1 unspecified atom stereocenters. The maximum absolute atomic E-state index is 13.0. The maximum Gasteiger partial charge on any atom is 0.231 e. The predicted octanol–water partition coefficient (Wildman–Crippen LogP) is 0.130. The molecule has 2 rings (SSSR count). The molecule has 0 aliphatic carbocycles. The molecule has 0 bridgehead atoms. The summed E-state index contributed by atoms with van der Waals surface area (Å²) < 4.78 is 5.34. The van der Waals surface area contributed by atoms with Crippen molar-refractivity contribution in [2.45, 2.75) is 38.6 Å². The van der Waals surface area contributed by atoms with Crippen molar-refractivity contribution >= 4 is 11.8 Å². The van der Waals surface area contributed by atoms with E-state index in [2.05, 4.69) is 10.6 Å². The first-order valence-electron chi connectivity index (χ1n) is 7.83. The number of ether oxygens (including phenoxy) is 1. The van der Waals surface area contributed by atoms with Crippen LogP contribution in [0.4, 0.5) is 0 Å². The number of nitrogens with one attached hydrogen (secondary N) is 2. The lowest BCUT2D eigenvalue weighted by Crippen LogP contribution is -2.56. The van der Waals surface area contributed by atoms with Crippen LogP contribution in [0.2, 0.25) is 0 Å².